The monoisotopic (exact) mass is 427 g/mol. The number of benzene rings is 1. The fraction of sp³-hybridized carbons (Fsp3) is 0.348. The van der Waals surface area contributed by atoms with Crippen LogP contribution < -0.4 is 5.43 Å². The normalized spacial score (nSPS) is 14.5. The zero-order chi connectivity index (χ0) is 20.4. The second kappa shape index (κ2) is 9.41. The molecule has 0 saturated carbocycles. The van der Waals surface area contributed by atoms with Crippen LogP contribution in [0.4, 0.5) is 0 Å². The first-order valence-electron chi connectivity index (χ1n) is 9.97. The number of fused-ring (bicyclic) bond motifs is 1. The van der Waals surface area contributed by atoms with Crippen molar-refractivity contribution in [1.82, 2.24) is 14.8 Å². The molecule has 1 aliphatic heterocycles. The van der Waals surface area contributed by atoms with E-state index in [1.807, 2.05) is 44.4 Å². The van der Waals surface area contributed by atoms with E-state index in [-0.39, 0.29) is 29.5 Å². The second-order valence-electron chi connectivity index (χ2n) is 7.60. The summed E-state index contributed by atoms with van der Waals surface area (Å²) in [6, 6.07) is 9.06. The molecule has 1 aromatic carbocycles. The lowest BCUT2D eigenvalue weighted by molar-refractivity contribution is 0.0608. The molecule has 3 heterocycles. The molecule has 0 radical (unpaired) electrons. The molecule has 3 aromatic rings. The molecule has 1 aliphatic rings. The highest BCUT2D eigenvalue weighted by molar-refractivity contribution is 5.93. The maximum atomic E-state index is 12.9. The number of hydrogen-bond donors (Lipinski definition) is 0. The van der Waals surface area contributed by atoms with Crippen molar-refractivity contribution in [1.29, 1.82) is 0 Å². The average molecular weight is 428 g/mol. The zero-order valence-corrected chi connectivity index (χ0v) is 18.1. The Balaban J connectivity index is 0.00000256. The molecule has 1 fully saturated rings. The number of hydrogen-bond acceptors (Lipinski definition) is 5. The van der Waals surface area contributed by atoms with Gasteiger partial charge < -0.3 is 9.32 Å². The molecule has 0 spiro atoms. The highest BCUT2D eigenvalue weighted by atomic mass is 35.5. The number of halogens is 1. The third-order valence-corrected chi connectivity index (χ3v) is 5.75. The molecule has 0 aliphatic carbocycles. The molecule has 0 bridgehead atoms. The molecular formula is C23H26ClN3O3. The van der Waals surface area contributed by atoms with Crippen LogP contribution in [0, 0.1) is 13.8 Å². The third-order valence-electron chi connectivity index (χ3n) is 5.75. The Bertz CT molecular complexity index is 1090. The van der Waals surface area contributed by atoms with Crippen LogP contribution in [-0.4, -0.2) is 53.4 Å². The van der Waals surface area contributed by atoms with Gasteiger partial charge >= 0.3 is 0 Å². The molecule has 4 rings (SSSR count). The van der Waals surface area contributed by atoms with E-state index in [0.29, 0.717) is 24.1 Å². The Hall–Kier alpha value is -2.70. The standard InChI is InChI=1S/C23H25N3O3.ClH/c1-16-3-4-19-20(27)15-21(29-22(19)17(16)2)23(28)26-13-11-25(12-14-26)10-7-18-5-8-24-9-6-18;/h3-6,8-9,15H,7,10-14H2,1-2H3;1H. The minimum absolute atomic E-state index is 0. The van der Waals surface area contributed by atoms with Gasteiger partial charge in [-0.05, 0) is 55.2 Å². The Kier molecular flexibility index (Phi) is 6.90. The molecule has 0 unspecified atom stereocenters. The first kappa shape index (κ1) is 22.0. The smallest absolute Gasteiger partial charge is 0.289 e. The van der Waals surface area contributed by atoms with Crippen LogP contribution in [0.15, 0.2) is 51.9 Å². The van der Waals surface area contributed by atoms with E-state index in [2.05, 4.69) is 9.88 Å². The Labute approximate surface area is 181 Å². The first-order valence-corrected chi connectivity index (χ1v) is 9.97. The fourth-order valence-electron chi connectivity index (χ4n) is 3.72. The van der Waals surface area contributed by atoms with Gasteiger partial charge in [-0.3, -0.25) is 19.5 Å². The summed E-state index contributed by atoms with van der Waals surface area (Å²) < 4.78 is 5.89. The number of piperazine rings is 1. The number of rotatable bonds is 4. The highest BCUT2D eigenvalue weighted by Gasteiger charge is 2.24. The lowest BCUT2D eigenvalue weighted by Gasteiger charge is -2.34. The fourth-order valence-corrected chi connectivity index (χ4v) is 3.72. The quantitative estimate of drug-likeness (QED) is 0.639. The van der Waals surface area contributed by atoms with Crippen LogP contribution in [-0.2, 0) is 6.42 Å². The number of carbonyl (C=O) groups excluding carboxylic acids is 1. The van der Waals surface area contributed by atoms with Gasteiger partial charge in [0.15, 0.2) is 11.2 Å². The van der Waals surface area contributed by atoms with Gasteiger partial charge in [-0.1, -0.05) is 6.07 Å². The van der Waals surface area contributed by atoms with E-state index in [0.717, 1.165) is 37.2 Å². The van der Waals surface area contributed by atoms with Gasteiger partial charge in [0.05, 0.1) is 5.39 Å². The summed E-state index contributed by atoms with van der Waals surface area (Å²) in [5.74, 6) is -0.0832. The average Bonchev–Trinajstić information content (AvgIpc) is 2.75. The van der Waals surface area contributed by atoms with Crippen molar-refractivity contribution < 1.29 is 9.21 Å². The molecule has 0 atom stereocenters. The summed E-state index contributed by atoms with van der Waals surface area (Å²) in [7, 11) is 0. The summed E-state index contributed by atoms with van der Waals surface area (Å²) in [5.41, 5.74) is 3.54. The lowest BCUT2D eigenvalue weighted by atomic mass is 10.1. The van der Waals surface area contributed by atoms with Crippen molar-refractivity contribution in [2.45, 2.75) is 20.3 Å². The van der Waals surface area contributed by atoms with Crippen molar-refractivity contribution in [2.24, 2.45) is 0 Å². The maximum Gasteiger partial charge on any atom is 0.289 e. The summed E-state index contributed by atoms with van der Waals surface area (Å²) in [5, 5.41) is 0.519. The van der Waals surface area contributed by atoms with Gasteiger partial charge in [-0.25, -0.2) is 0 Å². The SMILES string of the molecule is Cc1ccc2c(=O)cc(C(=O)N3CCN(CCc4ccncc4)CC3)oc2c1C.Cl. The van der Waals surface area contributed by atoms with E-state index in [1.54, 1.807) is 11.0 Å². The van der Waals surface area contributed by atoms with Gasteiger partial charge in [0.2, 0.25) is 0 Å². The number of aryl methyl sites for hydroxylation is 2. The van der Waals surface area contributed by atoms with E-state index < -0.39 is 0 Å². The highest BCUT2D eigenvalue weighted by Crippen LogP contribution is 2.21. The van der Waals surface area contributed by atoms with Gasteiger partial charge in [0.25, 0.3) is 5.91 Å². The van der Waals surface area contributed by atoms with Crippen LogP contribution in [0.5, 0.6) is 0 Å². The zero-order valence-electron chi connectivity index (χ0n) is 17.3. The molecule has 0 N–H and O–H groups in total. The van der Waals surface area contributed by atoms with Gasteiger partial charge in [-0.15, -0.1) is 12.4 Å². The molecule has 30 heavy (non-hydrogen) atoms. The Morgan fingerprint density at radius 2 is 1.77 bits per heavy atom. The van der Waals surface area contributed by atoms with Crippen molar-refractivity contribution in [2.75, 3.05) is 32.7 Å². The van der Waals surface area contributed by atoms with E-state index in [9.17, 15) is 9.59 Å². The van der Waals surface area contributed by atoms with Crippen LogP contribution in [0.25, 0.3) is 11.0 Å². The van der Waals surface area contributed by atoms with E-state index in [1.165, 1.54) is 11.6 Å². The molecule has 1 saturated heterocycles. The molecule has 158 valence electrons. The van der Waals surface area contributed by atoms with E-state index >= 15 is 0 Å². The summed E-state index contributed by atoms with van der Waals surface area (Å²) in [6.07, 6.45) is 4.59. The molecule has 1 amide bonds. The minimum Gasteiger partial charge on any atom is -0.450 e. The molecule has 6 nitrogen and oxygen atoms in total. The van der Waals surface area contributed by atoms with Crippen LogP contribution >= 0.6 is 12.4 Å². The van der Waals surface area contributed by atoms with Crippen LogP contribution in [0.2, 0.25) is 0 Å². The maximum absolute atomic E-state index is 12.9. The van der Waals surface area contributed by atoms with Gasteiger partial charge in [0.1, 0.15) is 5.58 Å². The predicted molar refractivity (Wildman–Crippen MR) is 119 cm³/mol. The minimum atomic E-state index is -0.210. The van der Waals surface area contributed by atoms with Crippen LogP contribution in [0.1, 0.15) is 27.2 Å². The van der Waals surface area contributed by atoms with Crippen LogP contribution in [0.3, 0.4) is 0 Å². The lowest BCUT2D eigenvalue weighted by Crippen LogP contribution is -2.49. The number of aromatic nitrogens is 1. The largest absolute Gasteiger partial charge is 0.450 e. The number of amides is 1. The number of pyridine rings is 1. The summed E-state index contributed by atoms with van der Waals surface area (Å²) in [6.45, 7) is 7.72. The summed E-state index contributed by atoms with van der Waals surface area (Å²) in [4.78, 5) is 33.6. The second-order valence-corrected chi connectivity index (χ2v) is 7.60. The van der Waals surface area contributed by atoms with Gasteiger partial charge in [0, 0.05) is 51.2 Å². The predicted octanol–water partition coefficient (Wildman–Crippen LogP) is 3.23. The Morgan fingerprint density at radius 1 is 1.07 bits per heavy atom. The van der Waals surface area contributed by atoms with Crippen molar-refractivity contribution in [3.8, 4) is 0 Å². The Morgan fingerprint density at radius 3 is 2.47 bits per heavy atom. The van der Waals surface area contributed by atoms with Gasteiger partial charge in [-0.2, -0.15) is 0 Å². The molecule has 7 heteroatoms. The van der Waals surface area contributed by atoms with Crippen molar-refractivity contribution in [3.05, 3.63) is 75.4 Å². The van der Waals surface area contributed by atoms with E-state index in [4.69, 9.17) is 4.42 Å². The molecule has 2 aromatic heterocycles. The first-order chi connectivity index (χ1) is 14.0. The van der Waals surface area contributed by atoms with Crippen molar-refractivity contribution >= 4 is 29.3 Å². The summed E-state index contributed by atoms with van der Waals surface area (Å²) >= 11 is 0. The number of nitrogens with zero attached hydrogens (tertiary/aromatic N) is 3. The number of carbonyl (C=O) groups is 1. The topological polar surface area (TPSA) is 66.7 Å². The molecular weight excluding hydrogens is 402 g/mol. The van der Waals surface area contributed by atoms with Crippen molar-refractivity contribution in [3.63, 3.8) is 0 Å². The third kappa shape index (κ3) is 4.55.